The van der Waals surface area contributed by atoms with E-state index in [0.29, 0.717) is 13.1 Å². The molecule has 0 spiro atoms. The molecular formula is C9H24ClN3O2S. The van der Waals surface area contributed by atoms with Crippen LogP contribution >= 0.6 is 12.4 Å². The predicted molar refractivity (Wildman–Crippen MR) is 70.3 cm³/mol. The summed E-state index contributed by atoms with van der Waals surface area (Å²) < 4.78 is 27.1. The molecule has 0 heterocycles. The molecule has 0 fully saturated rings. The van der Waals surface area contributed by atoms with E-state index in [1.165, 1.54) is 4.31 Å². The fourth-order valence-electron chi connectivity index (χ4n) is 1.08. The average Bonchev–Trinajstić information content (AvgIpc) is 2.21. The van der Waals surface area contributed by atoms with E-state index < -0.39 is 10.2 Å². The van der Waals surface area contributed by atoms with E-state index in [4.69, 9.17) is 0 Å². The highest BCUT2D eigenvalue weighted by atomic mass is 35.5. The van der Waals surface area contributed by atoms with Crippen molar-refractivity contribution in [1.82, 2.24) is 14.3 Å². The highest BCUT2D eigenvalue weighted by molar-refractivity contribution is 7.87. The minimum Gasteiger partial charge on any atom is -0.320 e. The molecule has 0 atom stereocenters. The van der Waals surface area contributed by atoms with Crippen LogP contribution in [0.5, 0.6) is 0 Å². The summed E-state index contributed by atoms with van der Waals surface area (Å²) in [5, 5.41) is 2.97. The second-order valence-electron chi connectivity index (χ2n) is 3.53. The number of unbranched alkanes of at least 4 members (excludes halogenated alkanes) is 1. The van der Waals surface area contributed by atoms with Gasteiger partial charge in [-0.05, 0) is 26.4 Å². The van der Waals surface area contributed by atoms with Gasteiger partial charge < -0.3 is 5.32 Å². The van der Waals surface area contributed by atoms with Gasteiger partial charge in [0.05, 0.1) is 0 Å². The van der Waals surface area contributed by atoms with Gasteiger partial charge in [0.2, 0.25) is 0 Å². The van der Waals surface area contributed by atoms with Gasteiger partial charge in [0.1, 0.15) is 0 Å². The third-order valence-electron chi connectivity index (χ3n) is 2.12. The van der Waals surface area contributed by atoms with Crippen molar-refractivity contribution in [3.8, 4) is 0 Å². The summed E-state index contributed by atoms with van der Waals surface area (Å²) in [7, 11) is 0.199. The van der Waals surface area contributed by atoms with E-state index in [-0.39, 0.29) is 12.4 Å². The molecule has 100 valence electrons. The van der Waals surface area contributed by atoms with Crippen LogP contribution in [0.15, 0.2) is 0 Å². The lowest BCUT2D eigenvalue weighted by Gasteiger charge is -2.17. The lowest BCUT2D eigenvalue weighted by Crippen LogP contribution is -2.39. The number of rotatable bonds is 9. The Morgan fingerprint density at radius 3 is 2.31 bits per heavy atom. The maximum Gasteiger partial charge on any atom is 0.279 e. The van der Waals surface area contributed by atoms with Gasteiger partial charge in [0, 0.05) is 20.1 Å². The summed E-state index contributed by atoms with van der Waals surface area (Å²) in [4.78, 5) is 0. The van der Waals surface area contributed by atoms with Gasteiger partial charge >= 0.3 is 0 Å². The van der Waals surface area contributed by atoms with Crippen molar-refractivity contribution in [1.29, 1.82) is 0 Å². The maximum atomic E-state index is 11.6. The third-order valence-corrected chi connectivity index (χ3v) is 3.70. The average molecular weight is 274 g/mol. The zero-order chi connectivity index (χ0) is 11.7. The Hall–Kier alpha value is 0.120. The molecule has 0 amide bonds. The largest absolute Gasteiger partial charge is 0.320 e. The Labute approximate surface area is 106 Å². The van der Waals surface area contributed by atoms with Gasteiger partial charge in [0.15, 0.2) is 0 Å². The van der Waals surface area contributed by atoms with Gasteiger partial charge in [0.25, 0.3) is 10.2 Å². The van der Waals surface area contributed by atoms with Gasteiger partial charge in [-0.2, -0.15) is 12.7 Å². The van der Waals surface area contributed by atoms with Crippen molar-refractivity contribution in [3.05, 3.63) is 0 Å². The summed E-state index contributed by atoms with van der Waals surface area (Å²) in [6.45, 7) is 3.93. The fourth-order valence-corrected chi connectivity index (χ4v) is 2.07. The van der Waals surface area contributed by atoms with Crippen LogP contribution < -0.4 is 10.0 Å². The Bertz CT molecular complexity index is 247. The van der Waals surface area contributed by atoms with Gasteiger partial charge in [-0.1, -0.05) is 13.3 Å². The first-order valence-corrected chi connectivity index (χ1v) is 6.84. The first-order chi connectivity index (χ1) is 7.04. The first kappa shape index (κ1) is 18.5. The van der Waals surface area contributed by atoms with E-state index in [1.54, 1.807) is 7.05 Å². The summed E-state index contributed by atoms with van der Waals surface area (Å²) in [6, 6.07) is 0. The second-order valence-corrected chi connectivity index (χ2v) is 5.39. The zero-order valence-electron chi connectivity index (χ0n) is 10.3. The Balaban J connectivity index is 0. The lowest BCUT2D eigenvalue weighted by molar-refractivity contribution is 0.448. The molecule has 0 unspecified atom stereocenters. The molecule has 0 aromatic carbocycles. The van der Waals surface area contributed by atoms with E-state index in [0.717, 1.165) is 25.8 Å². The van der Waals surface area contributed by atoms with Crippen molar-refractivity contribution >= 4 is 22.6 Å². The minimum atomic E-state index is -3.26. The normalized spacial score (nSPS) is 11.5. The molecule has 0 rings (SSSR count). The molecule has 0 bridgehead atoms. The Morgan fingerprint density at radius 2 is 1.81 bits per heavy atom. The number of halogens is 1. The van der Waals surface area contributed by atoms with Crippen LogP contribution in [0.4, 0.5) is 0 Å². The van der Waals surface area contributed by atoms with E-state index in [2.05, 4.69) is 10.0 Å². The van der Waals surface area contributed by atoms with Crippen LogP contribution in [0.2, 0.25) is 0 Å². The summed E-state index contributed by atoms with van der Waals surface area (Å²) in [6.07, 6.45) is 2.70. The highest BCUT2D eigenvalue weighted by Gasteiger charge is 2.15. The predicted octanol–water partition coefficient (Wildman–Crippen LogP) is 0.584. The van der Waals surface area contributed by atoms with Crippen LogP contribution in [-0.2, 0) is 10.2 Å². The smallest absolute Gasteiger partial charge is 0.279 e. The molecule has 0 saturated carbocycles. The second kappa shape index (κ2) is 10.3. The molecule has 0 aromatic heterocycles. The van der Waals surface area contributed by atoms with Crippen LogP contribution in [0.25, 0.3) is 0 Å². The molecule has 0 radical (unpaired) electrons. The summed E-state index contributed by atoms with van der Waals surface area (Å²) >= 11 is 0. The van der Waals surface area contributed by atoms with Crippen LogP contribution in [-0.4, -0.2) is 46.5 Å². The molecule has 2 N–H and O–H groups in total. The molecule has 7 heteroatoms. The van der Waals surface area contributed by atoms with Crippen LogP contribution in [0.3, 0.4) is 0 Å². The summed E-state index contributed by atoms with van der Waals surface area (Å²) in [5.41, 5.74) is 0. The minimum absolute atomic E-state index is 0. The number of hydrogen-bond acceptors (Lipinski definition) is 3. The van der Waals surface area contributed by atoms with Crippen molar-refractivity contribution in [2.24, 2.45) is 0 Å². The fraction of sp³-hybridized carbons (Fsp3) is 1.00. The van der Waals surface area contributed by atoms with Crippen molar-refractivity contribution in [2.45, 2.75) is 26.2 Å². The Kier molecular flexibility index (Phi) is 11.9. The van der Waals surface area contributed by atoms with E-state index in [1.807, 2.05) is 14.0 Å². The molecule has 0 aliphatic rings. The SMILES string of the molecule is CCCCN(C)S(=O)(=O)NCCCNC.Cl. The molecule has 0 aliphatic carbocycles. The number of hydrogen-bond donors (Lipinski definition) is 2. The van der Waals surface area contributed by atoms with Crippen molar-refractivity contribution in [3.63, 3.8) is 0 Å². The zero-order valence-corrected chi connectivity index (χ0v) is 12.0. The Morgan fingerprint density at radius 1 is 1.19 bits per heavy atom. The molecular weight excluding hydrogens is 250 g/mol. The molecule has 0 aliphatic heterocycles. The topological polar surface area (TPSA) is 61.4 Å². The molecule has 0 saturated heterocycles. The van der Waals surface area contributed by atoms with Crippen molar-refractivity contribution in [2.75, 3.05) is 33.7 Å². The quantitative estimate of drug-likeness (QED) is 0.605. The van der Waals surface area contributed by atoms with Crippen molar-refractivity contribution < 1.29 is 8.42 Å². The van der Waals surface area contributed by atoms with Gasteiger partial charge in [-0.15, -0.1) is 12.4 Å². The number of nitrogens with zero attached hydrogens (tertiary/aromatic N) is 1. The van der Waals surface area contributed by atoms with Crippen LogP contribution in [0, 0.1) is 0 Å². The van der Waals surface area contributed by atoms with E-state index in [9.17, 15) is 8.42 Å². The van der Waals surface area contributed by atoms with Gasteiger partial charge in [-0.25, -0.2) is 4.72 Å². The third kappa shape index (κ3) is 8.29. The van der Waals surface area contributed by atoms with Crippen LogP contribution in [0.1, 0.15) is 26.2 Å². The molecule has 5 nitrogen and oxygen atoms in total. The standard InChI is InChI=1S/C9H23N3O2S.ClH/c1-4-5-9-12(3)15(13,14)11-8-6-7-10-2;/h10-11H,4-9H2,1-3H3;1H. The number of nitrogens with one attached hydrogen (secondary N) is 2. The van der Waals surface area contributed by atoms with Gasteiger partial charge in [-0.3, -0.25) is 0 Å². The molecule has 0 aromatic rings. The monoisotopic (exact) mass is 273 g/mol. The first-order valence-electron chi connectivity index (χ1n) is 5.40. The maximum absolute atomic E-state index is 11.6. The molecule has 16 heavy (non-hydrogen) atoms. The summed E-state index contributed by atoms with van der Waals surface area (Å²) in [5.74, 6) is 0. The highest BCUT2D eigenvalue weighted by Crippen LogP contribution is 1.97. The lowest BCUT2D eigenvalue weighted by atomic mass is 10.3. The van der Waals surface area contributed by atoms with E-state index >= 15 is 0 Å².